The van der Waals surface area contributed by atoms with E-state index in [1.807, 2.05) is 0 Å². The molecule has 3 fully saturated rings. The summed E-state index contributed by atoms with van der Waals surface area (Å²) in [5, 5.41) is 32.1. The Labute approximate surface area is 184 Å². The monoisotopic (exact) mass is 418 g/mol. The maximum absolute atomic E-state index is 11.3. The van der Waals surface area contributed by atoms with Crippen LogP contribution in [0.5, 0.6) is 0 Å². The first-order valence-corrected chi connectivity index (χ1v) is 12.9. The van der Waals surface area contributed by atoms with Crippen LogP contribution in [0.4, 0.5) is 0 Å². The average molecular weight is 419 g/mol. The van der Waals surface area contributed by atoms with Crippen molar-refractivity contribution in [3.05, 3.63) is 11.6 Å². The molecule has 30 heavy (non-hydrogen) atoms. The van der Waals surface area contributed by atoms with Gasteiger partial charge in [0.2, 0.25) is 0 Å². The number of aliphatic hydroxyl groups is 3. The molecule has 0 spiro atoms. The highest BCUT2D eigenvalue weighted by molar-refractivity contribution is 5.29. The Morgan fingerprint density at radius 1 is 1.00 bits per heavy atom. The number of aliphatic hydroxyl groups excluding tert-OH is 3. The van der Waals surface area contributed by atoms with E-state index >= 15 is 0 Å². The van der Waals surface area contributed by atoms with E-state index in [4.69, 9.17) is 0 Å². The highest BCUT2D eigenvalue weighted by atomic mass is 16.3. The van der Waals surface area contributed by atoms with Crippen molar-refractivity contribution in [3.63, 3.8) is 0 Å². The molecule has 3 unspecified atom stereocenters. The van der Waals surface area contributed by atoms with Gasteiger partial charge in [-0.1, -0.05) is 58.6 Å². The minimum Gasteiger partial charge on any atom is -0.395 e. The summed E-state index contributed by atoms with van der Waals surface area (Å²) in [4.78, 5) is 0. The molecule has 0 saturated heterocycles. The molecule has 9 atom stereocenters. The Morgan fingerprint density at radius 3 is 2.47 bits per heavy atom. The second-order valence-electron chi connectivity index (χ2n) is 12.2. The molecule has 0 heterocycles. The molecular weight excluding hydrogens is 372 g/mol. The van der Waals surface area contributed by atoms with Gasteiger partial charge in [0.15, 0.2) is 0 Å². The zero-order valence-corrected chi connectivity index (χ0v) is 19.8. The standard InChI is InChI=1S/C27H46O3/c1-17(2)6-5-7-18(3)21-8-9-22-25-23(11-12-26(21,22)4)27(16-28)13-10-20(29)14-19(27)15-24(25)30/h15,17-18,20-25,28-30H,5-14,16H2,1-4H3/t18?,20-,21+,22?,23-,24-,25?,26+,27+/m0/s1. The van der Waals surface area contributed by atoms with Crippen LogP contribution >= 0.6 is 0 Å². The van der Waals surface area contributed by atoms with Crippen LogP contribution in [0.1, 0.15) is 91.9 Å². The van der Waals surface area contributed by atoms with E-state index in [1.165, 1.54) is 38.5 Å². The highest BCUT2D eigenvalue weighted by Gasteiger charge is 2.62. The van der Waals surface area contributed by atoms with Crippen LogP contribution in [0.25, 0.3) is 0 Å². The molecule has 0 amide bonds. The quantitative estimate of drug-likeness (QED) is 0.511. The zero-order valence-electron chi connectivity index (χ0n) is 19.8. The fourth-order valence-corrected chi connectivity index (χ4v) is 8.76. The topological polar surface area (TPSA) is 60.7 Å². The minimum absolute atomic E-state index is 0.178. The molecule has 4 rings (SSSR count). The largest absolute Gasteiger partial charge is 0.395 e. The van der Waals surface area contributed by atoms with E-state index in [2.05, 4.69) is 33.8 Å². The Morgan fingerprint density at radius 2 is 1.77 bits per heavy atom. The van der Waals surface area contributed by atoms with Gasteiger partial charge in [-0.05, 0) is 85.9 Å². The van der Waals surface area contributed by atoms with Crippen LogP contribution in [-0.4, -0.2) is 34.1 Å². The van der Waals surface area contributed by atoms with Gasteiger partial charge >= 0.3 is 0 Å². The van der Waals surface area contributed by atoms with Crippen LogP contribution in [0.2, 0.25) is 0 Å². The SMILES string of the molecule is CC(C)CCCC(C)[C@H]1CCC2C3[C@@H](O)C=C4C[C@@H](O)CC[C@]4(CO)[C@H]3CC[C@@]21C. The fraction of sp³-hybridized carbons (Fsp3) is 0.926. The van der Waals surface area contributed by atoms with E-state index in [1.54, 1.807) is 0 Å². The summed E-state index contributed by atoms with van der Waals surface area (Å²) in [7, 11) is 0. The summed E-state index contributed by atoms with van der Waals surface area (Å²) in [6.45, 7) is 9.85. The Balaban J connectivity index is 1.56. The third-order valence-electron chi connectivity index (χ3n) is 10.3. The number of hydrogen-bond acceptors (Lipinski definition) is 3. The first kappa shape index (κ1) is 22.8. The van der Waals surface area contributed by atoms with Gasteiger partial charge in [-0.25, -0.2) is 0 Å². The first-order chi connectivity index (χ1) is 14.2. The Hall–Kier alpha value is -0.380. The van der Waals surface area contributed by atoms with Crippen LogP contribution in [0, 0.1) is 46.3 Å². The molecule has 4 aliphatic carbocycles. The minimum atomic E-state index is -0.408. The van der Waals surface area contributed by atoms with Crippen molar-refractivity contribution in [1.82, 2.24) is 0 Å². The molecule has 0 bridgehead atoms. The predicted molar refractivity (Wildman–Crippen MR) is 122 cm³/mol. The maximum atomic E-state index is 11.3. The summed E-state index contributed by atoms with van der Waals surface area (Å²) in [6, 6.07) is 0. The van der Waals surface area contributed by atoms with Crippen molar-refractivity contribution in [2.75, 3.05) is 6.61 Å². The lowest BCUT2D eigenvalue weighted by Crippen LogP contribution is -2.57. The van der Waals surface area contributed by atoms with E-state index in [-0.39, 0.29) is 24.0 Å². The van der Waals surface area contributed by atoms with Gasteiger partial charge in [-0.3, -0.25) is 0 Å². The summed E-state index contributed by atoms with van der Waals surface area (Å²) >= 11 is 0. The normalized spacial score (nSPS) is 46.7. The van der Waals surface area contributed by atoms with Crippen molar-refractivity contribution in [3.8, 4) is 0 Å². The third kappa shape index (κ3) is 3.61. The number of hydrogen-bond donors (Lipinski definition) is 3. The van der Waals surface area contributed by atoms with E-state index in [0.29, 0.717) is 23.7 Å². The summed E-state index contributed by atoms with van der Waals surface area (Å²) in [5.41, 5.74) is 1.29. The van der Waals surface area contributed by atoms with Crippen molar-refractivity contribution in [1.29, 1.82) is 0 Å². The molecular formula is C27H46O3. The Bertz CT molecular complexity index is 642. The van der Waals surface area contributed by atoms with Crippen LogP contribution in [0.3, 0.4) is 0 Å². The van der Waals surface area contributed by atoms with Gasteiger partial charge in [0.1, 0.15) is 0 Å². The molecule has 3 heteroatoms. The van der Waals surface area contributed by atoms with E-state index in [0.717, 1.165) is 42.6 Å². The number of fused-ring (bicyclic) bond motifs is 5. The van der Waals surface area contributed by atoms with Gasteiger partial charge < -0.3 is 15.3 Å². The molecule has 4 aliphatic rings. The average Bonchev–Trinajstić information content (AvgIpc) is 3.04. The molecule has 0 radical (unpaired) electrons. The predicted octanol–water partition coefficient (Wildman–Crippen LogP) is 5.33. The molecule has 0 aromatic heterocycles. The highest BCUT2D eigenvalue weighted by Crippen LogP contribution is 2.67. The van der Waals surface area contributed by atoms with E-state index in [9.17, 15) is 15.3 Å². The van der Waals surface area contributed by atoms with Crippen LogP contribution in [0.15, 0.2) is 11.6 Å². The molecule has 0 aromatic carbocycles. The summed E-state index contributed by atoms with van der Waals surface area (Å²) in [5.74, 6) is 3.55. The first-order valence-electron chi connectivity index (χ1n) is 12.9. The Kier molecular flexibility index (Phi) is 6.48. The zero-order chi connectivity index (χ0) is 21.7. The van der Waals surface area contributed by atoms with Crippen molar-refractivity contribution in [2.24, 2.45) is 46.3 Å². The van der Waals surface area contributed by atoms with Crippen molar-refractivity contribution >= 4 is 0 Å². The van der Waals surface area contributed by atoms with Gasteiger partial charge in [0, 0.05) is 5.41 Å². The fourth-order valence-electron chi connectivity index (χ4n) is 8.76. The molecule has 3 N–H and O–H groups in total. The molecule has 0 aromatic rings. The van der Waals surface area contributed by atoms with Gasteiger partial charge in [0.05, 0.1) is 18.8 Å². The van der Waals surface area contributed by atoms with Crippen LogP contribution in [-0.2, 0) is 0 Å². The summed E-state index contributed by atoms with van der Waals surface area (Å²) in [6.07, 6.45) is 12.6. The van der Waals surface area contributed by atoms with E-state index < -0.39 is 6.10 Å². The second kappa shape index (κ2) is 8.52. The molecule has 3 nitrogen and oxygen atoms in total. The van der Waals surface area contributed by atoms with Gasteiger partial charge in [-0.15, -0.1) is 0 Å². The van der Waals surface area contributed by atoms with Crippen LogP contribution < -0.4 is 0 Å². The van der Waals surface area contributed by atoms with Crippen molar-refractivity contribution < 1.29 is 15.3 Å². The second-order valence-corrected chi connectivity index (χ2v) is 12.2. The lowest BCUT2D eigenvalue weighted by atomic mass is 9.46. The van der Waals surface area contributed by atoms with Gasteiger partial charge in [0.25, 0.3) is 0 Å². The smallest absolute Gasteiger partial charge is 0.0757 e. The van der Waals surface area contributed by atoms with Gasteiger partial charge in [-0.2, -0.15) is 0 Å². The lowest BCUT2D eigenvalue weighted by Gasteiger charge is -2.60. The molecule has 0 aliphatic heterocycles. The third-order valence-corrected chi connectivity index (χ3v) is 10.3. The summed E-state index contributed by atoms with van der Waals surface area (Å²) < 4.78 is 0. The van der Waals surface area contributed by atoms with Crippen molar-refractivity contribution in [2.45, 2.75) is 104 Å². The number of rotatable bonds is 6. The lowest BCUT2D eigenvalue weighted by molar-refractivity contribution is -0.114. The molecule has 3 saturated carbocycles. The molecule has 172 valence electrons. The maximum Gasteiger partial charge on any atom is 0.0757 e.